The van der Waals surface area contributed by atoms with Gasteiger partial charge in [0.15, 0.2) is 0 Å². The molecule has 1 aromatic rings. The molecule has 102 valence electrons. The highest BCUT2D eigenvalue weighted by molar-refractivity contribution is 5.48. The van der Waals surface area contributed by atoms with Gasteiger partial charge in [0.05, 0.1) is 39.3 Å². The highest BCUT2D eigenvalue weighted by Crippen LogP contribution is 2.20. The molecule has 2 nitrogen and oxygen atoms in total. The monoisotopic (exact) mass is 360 g/mol. The number of benzene rings is 1. The first kappa shape index (κ1) is 15.8. The number of anilines is 1. The Morgan fingerprint density at radius 1 is 1.11 bits per heavy atom. The zero-order valence-electron chi connectivity index (χ0n) is 11.8. The largest absolute Gasteiger partial charge is 1.00 e. The summed E-state index contributed by atoms with van der Waals surface area (Å²) in [5.41, 5.74) is 2.76. The van der Waals surface area contributed by atoms with Crippen LogP contribution in [-0.4, -0.2) is 43.8 Å². The van der Waals surface area contributed by atoms with E-state index in [1.807, 2.05) is 0 Å². The van der Waals surface area contributed by atoms with Gasteiger partial charge < -0.3 is 33.4 Å². The van der Waals surface area contributed by atoms with Gasteiger partial charge in [0.2, 0.25) is 0 Å². The molecule has 1 aliphatic heterocycles. The van der Waals surface area contributed by atoms with E-state index >= 15 is 0 Å². The predicted octanol–water partition coefficient (Wildman–Crippen LogP) is -0.324. The molecule has 1 saturated heterocycles. The van der Waals surface area contributed by atoms with Crippen molar-refractivity contribution in [1.82, 2.24) is 0 Å². The molecular weight excluding hydrogens is 335 g/mol. The van der Waals surface area contributed by atoms with Crippen LogP contribution in [0.2, 0.25) is 0 Å². The second kappa shape index (κ2) is 6.75. The molecule has 0 saturated carbocycles. The summed E-state index contributed by atoms with van der Waals surface area (Å²) in [6.45, 7) is 14.4. The van der Waals surface area contributed by atoms with Crippen molar-refractivity contribution >= 4 is 5.69 Å². The van der Waals surface area contributed by atoms with Crippen LogP contribution in [0.25, 0.3) is 0 Å². The van der Waals surface area contributed by atoms with Gasteiger partial charge >= 0.3 is 0 Å². The van der Waals surface area contributed by atoms with Crippen molar-refractivity contribution in [2.75, 3.05) is 44.2 Å². The number of aryl methyl sites for hydroxylation is 1. The summed E-state index contributed by atoms with van der Waals surface area (Å²) in [7, 11) is 0. The van der Waals surface area contributed by atoms with Crippen LogP contribution in [0.1, 0.15) is 19.4 Å². The number of hydrogen-bond donors (Lipinski definition) is 0. The second-order valence-electron chi connectivity index (χ2n) is 5.25. The highest BCUT2D eigenvalue weighted by Gasteiger charge is 2.29. The van der Waals surface area contributed by atoms with Crippen molar-refractivity contribution in [2.45, 2.75) is 20.8 Å². The van der Waals surface area contributed by atoms with Crippen molar-refractivity contribution in [3.8, 4) is 0 Å². The smallest absolute Gasteiger partial charge is 0.0965 e. The Morgan fingerprint density at radius 3 is 2.22 bits per heavy atom. The molecule has 2 rings (SSSR count). The van der Waals surface area contributed by atoms with Crippen molar-refractivity contribution in [2.24, 2.45) is 0 Å². The predicted molar refractivity (Wildman–Crippen MR) is 74.5 cm³/mol. The van der Waals surface area contributed by atoms with E-state index in [2.05, 4.69) is 49.9 Å². The van der Waals surface area contributed by atoms with E-state index in [-0.39, 0.29) is 24.0 Å². The minimum atomic E-state index is 0. The average molecular weight is 360 g/mol. The van der Waals surface area contributed by atoms with Crippen molar-refractivity contribution < 1.29 is 28.5 Å². The molecule has 0 unspecified atom stereocenters. The van der Waals surface area contributed by atoms with Crippen LogP contribution >= 0.6 is 0 Å². The van der Waals surface area contributed by atoms with Crippen LogP contribution in [0.15, 0.2) is 24.3 Å². The van der Waals surface area contributed by atoms with Crippen LogP contribution in [0.5, 0.6) is 0 Å². The fraction of sp³-hybridized carbons (Fsp3) is 0.600. The fourth-order valence-electron chi connectivity index (χ4n) is 2.83. The summed E-state index contributed by atoms with van der Waals surface area (Å²) in [6.07, 6.45) is 0. The first-order valence-electron chi connectivity index (χ1n) is 6.86. The third-order valence-corrected chi connectivity index (χ3v) is 4.40. The lowest BCUT2D eigenvalue weighted by atomic mass is 10.1. The van der Waals surface area contributed by atoms with E-state index < -0.39 is 0 Å². The first-order chi connectivity index (χ1) is 8.19. The number of hydrogen-bond acceptors (Lipinski definition) is 1. The van der Waals surface area contributed by atoms with Crippen molar-refractivity contribution in [1.29, 1.82) is 0 Å². The molecule has 0 aliphatic carbocycles. The molecule has 0 bridgehead atoms. The SMILES string of the molecule is CC[N+]1(CC)CCN(c2cccc(C)c2)CC1.[I-]. The van der Waals surface area contributed by atoms with E-state index in [1.54, 1.807) is 0 Å². The normalized spacial score (nSPS) is 18.3. The molecule has 0 amide bonds. The van der Waals surface area contributed by atoms with Gasteiger partial charge in [-0.3, -0.25) is 0 Å². The molecule has 1 fully saturated rings. The van der Waals surface area contributed by atoms with Gasteiger partial charge in [0, 0.05) is 5.69 Å². The molecular formula is C15H25IN2. The van der Waals surface area contributed by atoms with Crippen LogP contribution in [0.3, 0.4) is 0 Å². The number of halogens is 1. The molecule has 0 N–H and O–H groups in total. The maximum atomic E-state index is 2.54. The molecule has 0 aromatic heterocycles. The fourth-order valence-corrected chi connectivity index (χ4v) is 2.83. The standard InChI is InChI=1S/C15H25N2.HI/c1-4-17(5-2)11-9-16(10-12-17)15-8-6-7-14(3)13-15;/h6-8,13H,4-5,9-12H2,1-3H3;1H/q+1;/p-1. The third kappa shape index (κ3) is 3.38. The Hall–Kier alpha value is -0.290. The van der Waals surface area contributed by atoms with Crippen molar-refractivity contribution in [3.63, 3.8) is 0 Å². The summed E-state index contributed by atoms with van der Waals surface area (Å²) in [4.78, 5) is 2.54. The number of quaternary nitrogens is 1. The lowest BCUT2D eigenvalue weighted by molar-refractivity contribution is -0.925. The third-order valence-electron chi connectivity index (χ3n) is 4.40. The molecule has 1 aliphatic rings. The molecule has 0 radical (unpaired) electrons. The quantitative estimate of drug-likeness (QED) is 0.528. The Morgan fingerprint density at radius 2 is 1.72 bits per heavy atom. The van der Waals surface area contributed by atoms with Gasteiger partial charge in [-0.15, -0.1) is 0 Å². The van der Waals surface area contributed by atoms with Crippen molar-refractivity contribution in [3.05, 3.63) is 29.8 Å². The van der Waals surface area contributed by atoms with E-state index in [4.69, 9.17) is 0 Å². The number of piperazine rings is 1. The summed E-state index contributed by atoms with van der Waals surface area (Å²) in [6, 6.07) is 8.88. The van der Waals surface area contributed by atoms with Crippen LogP contribution in [-0.2, 0) is 0 Å². The first-order valence-corrected chi connectivity index (χ1v) is 6.86. The Kier molecular flexibility index (Phi) is 5.92. The summed E-state index contributed by atoms with van der Waals surface area (Å²) >= 11 is 0. The van der Waals surface area contributed by atoms with Gasteiger partial charge in [0.25, 0.3) is 0 Å². The molecule has 18 heavy (non-hydrogen) atoms. The number of likely N-dealkylation sites (N-methyl/N-ethyl adjacent to an activating group) is 1. The van der Waals surface area contributed by atoms with Crippen LogP contribution in [0, 0.1) is 6.92 Å². The van der Waals surface area contributed by atoms with Crippen LogP contribution < -0.4 is 28.9 Å². The van der Waals surface area contributed by atoms with Gasteiger partial charge in [-0.05, 0) is 38.5 Å². The van der Waals surface area contributed by atoms with E-state index in [9.17, 15) is 0 Å². The number of nitrogens with zero attached hydrogens (tertiary/aromatic N) is 2. The lowest BCUT2D eigenvalue weighted by Gasteiger charge is -2.44. The zero-order valence-corrected chi connectivity index (χ0v) is 14.0. The zero-order chi connectivity index (χ0) is 12.3. The van der Waals surface area contributed by atoms with Gasteiger partial charge in [-0.25, -0.2) is 0 Å². The van der Waals surface area contributed by atoms with Gasteiger partial charge in [-0.2, -0.15) is 0 Å². The highest BCUT2D eigenvalue weighted by atomic mass is 127. The Labute approximate surface area is 129 Å². The maximum absolute atomic E-state index is 2.54. The van der Waals surface area contributed by atoms with Crippen LogP contribution in [0.4, 0.5) is 5.69 Å². The molecule has 0 atom stereocenters. The Balaban J connectivity index is 0.00000162. The molecule has 0 spiro atoms. The van der Waals surface area contributed by atoms with E-state index in [1.165, 1.54) is 55.0 Å². The maximum Gasteiger partial charge on any atom is 0.0965 e. The average Bonchev–Trinajstić information content (AvgIpc) is 2.39. The molecule has 3 heteroatoms. The number of rotatable bonds is 3. The second-order valence-corrected chi connectivity index (χ2v) is 5.25. The Bertz CT molecular complexity index is 365. The van der Waals surface area contributed by atoms with Gasteiger partial charge in [-0.1, -0.05) is 12.1 Å². The molecule has 1 heterocycles. The van der Waals surface area contributed by atoms with E-state index in [0.717, 1.165) is 0 Å². The van der Waals surface area contributed by atoms with Gasteiger partial charge in [0.1, 0.15) is 0 Å². The van der Waals surface area contributed by atoms with E-state index in [0.29, 0.717) is 0 Å². The topological polar surface area (TPSA) is 3.24 Å². The summed E-state index contributed by atoms with van der Waals surface area (Å²) in [5, 5.41) is 0. The summed E-state index contributed by atoms with van der Waals surface area (Å²) in [5.74, 6) is 0. The lowest BCUT2D eigenvalue weighted by Crippen LogP contribution is -3.00. The minimum absolute atomic E-state index is 0. The summed E-state index contributed by atoms with van der Waals surface area (Å²) < 4.78 is 1.29. The minimum Gasteiger partial charge on any atom is -1.00 e. The molecule has 1 aromatic carbocycles.